The minimum absolute atomic E-state index is 0.676. The van der Waals surface area contributed by atoms with Gasteiger partial charge in [0.15, 0.2) is 0 Å². The molecule has 0 saturated heterocycles. The lowest BCUT2D eigenvalue weighted by Gasteiger charge is -2.11. The highest BCUT2D eigenvalue weighted by atomic mass is 15.0. The molecule has 7 aromatic carbocycles. The average molecular weight is 560 g/mol. The van der Waals surface area contributed by atoms with E-state index in [9.17, 15) is 5.26 Å². The Kier molecular flexibility index (Phi) is 5.26. The van der Waals surface area contributed by atoms with Crippen LogP contribution in [-0.2, 0) is 0 Å². The third kappa shape index (κ3) is 3.62. The second-order valence-electron chi connectivity index (χ2n) is 11.4. The Morgan fingerprint density at radius 3 is 1.55 bits per heavy atom. The summed E-state index contributed by atoms with van der Waals surface area (Å²) in [5, 5.41) is 16.5. The number of fused-ring (bicyclic) bond motifs is 7. The Bertz CT molecular complexity index is 2610. The van der Waals surface area contributed by atoms with E-state index in [0.29, 0.717) is 5.56 Å². The summed E-state index contributed by atoms with van der Waals surface area (Å²) < 4.78 is 4.74. The van der Waals surface area contributed by atoms with Crippen molar-refractivity contribution >= 4 is 54.4 Å². The maximum Gasteiger partial charge on any atom is 0.0991 e. The zero-order chi connectivity index (χ0) is 29.2. The number of aromatic nitrogens is 2. The molecule has 3 nitrogen and oxygen atoms in total. The van der Waals surface area contributed by atoms with Gasteiger partial charge in [-0.15, -0.1) is 0 Å². The lowest BCUT2D eigenvalue weighted by atomic mass is 10.0. The van der Waals surface area contributed by atoms with E-state index in [4.69, 9.17) is 0 Å². The van der Waals surface area contributed by atoms with Gasteiger partial charge < -0.3 is 9.13 Å². The Morgan fingerprint density at radius 1 is 0.386 bits per heavy atom. The van der Waals surface area contributed by atoms with Crippen molar-refractivity contribution in [1.29, 1.82) is 5.26 Å². The van der Waals surface area contributed by atoms with E-state index in [0.717, 1.165) is 22.1 Å². The Morgan fingerprint density at radius 2 is 0.909 bits per heavy atom. The zero-order valence-corrected chi connectivity index (χ0v) is 23.8. The fraction of sp³-hybridized carbons (Fsp3) is 0. The summed E-state index contributed by atoms with van der Waals surface area (Å²) in [5.74, 6) is 0. The highest BCUT2D eigenvalue weighted by Gasteiger charge is 2.16. The van der Waals surface area contributed by atoms with Crippen molar-refractivity contribution in [3.05, 3.63) is 157 Å². The highest BCUT2D eigenvalue weighted by Crippen LogP contribution is 2.38. The monoisotopic (exact) mass is 559 g/mol. The molecule has 0 aliphatic carbocycles. The van der Waals surface area contributed by atoms with Crippen LogP contribution >= 0.6 is 0 Å². The van der Waals surface area contributed by atoms with Crippen LogP contribution in [0.3, 0.4) is 0 Å². The molecule has 0 N–H and O–H groups in total. The van der Waals surface area contributed by atoms with Gasteiger partial charge in [0.25, 0.3) is 0 Å². The zero-order valence-electron chi connectivity index (χ0n) is 23.8. The smallest absolute Gasteiger partial charge is 0.0991 e. The maximum atomic E-state index is 9.37. The van der Waals surface area contributed by atoms with E-state index in [1.54, 1.807) is 0 Å². The average Bonchev–Trinajstić information content (AvgIpc) is 3.60. The third-order valence-electron chi connectivity index (χ3n) is 8.91. The minimum atomic E-state index is 0.676. The second-order valence-corrected chi connectivity index (χ2v) is 11.4. The molecule has 0 bridgehead atoms. The molecule has 204 valence electrons. The minimum Gasteiger partial charge on any atom is -0.309 e. The first-order chi connectivity index (χ1) is 21.8. The number of hydrogen-bond donors (Lipinski definition) is 0. The number of para-hydroxylation sites is 3. The van der Waals surface area contributed by atoms with E-state index in [-0.39, 0.29) is 0 Å². The van der Waals surface area contributed by atoms with Gasteiger partial charge in [-0.25, -0.2) is 0 Å². The van der Waals surface area contributed by atoms with E-state index >= 15 is 0 Å². The van der Waals surface area contributed by atoms with Crippen LogP contribution in [0, 0.1) is 11.3 Å². The van der Waals surface area contributed by atoms with Gasteiger partial charge in [0.05, 0.1) is 33.7 Å². The van der Waals surface area contributed by atoms with Gasteiger partial charge in [-0.3, -0.25) is 0 Å². The largest absolute Gasteiger partial charge is 0.309 e. The SMILES string of the molecule is N#Cc1ccc2cc(-n3c4ccccc4c4ccc(-c5ccc6c7ccccc7n(-c7ccccc7)c6c5)cc43)ccc2c1. The van der Waals surface area contributed by atoms with Crippen LogP contribution in [0.4, 0.5) is 0 Å². The van der Waals surface area contributed by atoms with Crippen molar-refractivity contribution in [3.63, 3.8) is 0 Å². The van der Waals surface area contributed by atoms with Gasteiger partial charge in [-0.1, -0.05) is 91.0 Å². The summed E-state index contributed by atoms with van der Waals surface area (Å²) in [6, 6.07) is 56.2. The molecule has 2 aromatic heterocycles. The number of nitrogens with zero attached hydrogens (tertiary/aromatic N) is 3. The van der Waals surface area contributed by atoms with Gasteiger partial charge in [0, 0.05) is 32.9 Å². The normalized spacial score (nSPS) is 11.6. The Balaban J connectivity index is 1.28. The molecule has 9 aromatic rings. The van der Waals surface area contributed by atoms with Crippen LogP contribution in [0.2, 0.25) is 0 Å². The standard InChI is InChI=1S/C41H25N3/c42-26-27-14-15-29-23-33(19-16-28(29)22-27)44-39-13-7-5-11-35(39)37-21-18-31(25-41(37)44)30-17-20-36-34-10-4-6-12-38(34)43(40(36)24-30)32-8-2-1-3-9-32/h1-25H. The van der Waals surface area contributed by atoms with E-state index in [1.807, 2.05) is 18.2 Å². The van der Waals surface area contributed by atoms with E-state index in [1.165, 1.54) is 54.7 Å². The van der Waals surface area contributed by atoms with E-state index < -0.39 is 0 Å². The van der Waals surface area contributed by atoms with Crippen molar-refractivity contribution in [2.75, 3.05) is 0 Å². The summed E-state index contributed by atoms with van der Waals surface area (Å²) in [6.45, 7) is 0. The molecule has 0 unspecified atom stereocenters. The van der Waals surface area contributed by atoms with Crippen LogP contribution in [0.5, 0.6) is 0 Å². The number of rotatable bonds is 3. The summed E-state index contributed by atoms with van der Waals surface area (Å²) in [5.41, 5.74) is 10.0. The first kappa shape index (κ1) is 24.5. The molecular formula is C41H25N3. The summed E-state index contributed by atoms with van der Waals surface area (Å²) in [6.07, 6.45) is 0. The van der Waals surface area contributed by atoms with Gasteiger partial charge >= 0.3 is 0 Å². The molecule has 0 fully saturated rings. The molecular weight excluding hydrogens is 534 g/mol. The molecule has 0 radical (unpaired) electrons. The molecule has 0 saturated carbocycles. The van der Waals surface area contributed by atoms with Crippen LogP contribution in [-0.4, -0.2) is 9.13 Å². The number of hydrogen-bond acceptors (Lipinski definition) is 1. The molecule has 0 aliphatic heterocycles. The molecule has 0 spiro atoms. The summed E-state index contributed by atoms with van der Waals surface area (Å²) >= 11 is 0. The number of nitriles is 1. The predicted octanol–water partition coefficient (Wildman–Crippen LogP) is 10.6. The van der Waals surface area contributed by atoms with Crippen molar-refractivity contribution < 1.29 is 0 Å². The van der Waals surface area contributed by atoms with Gasteiger partial charge in [-0.05, 0) is 82.6 Å². The molecule has 2 heterocycles. The van der Waals surface area contributed by atoms with Gasteiger partial charge in [0.1, 0.15) is 0 Å². The quantitative estimate of drug-likeness (QED) is 0.212. The van der Waals surface area contributed by atoms with Gasteiger partial charge in [0.2, 0.25) is 0 Å². The molecule has 9 rings (SSSR count). The van der Waals surface area contributed by atoms with Crippen molar-refractivity contribution in [2.45, 2.75) is 0 Å². The first-order valence-corrected chi connectivity index (χ1v) is 14.8. The third-order valence-corrected chi connectivity index (χ3v) is 8.91. The Hall–Kier alpha value is -6.11. The maximum absolute atomic E-state index is 9.37. The molecule has 0 aliphatic rings. The lowest BCUT2D eigenvalue weighted by Crippen LogP contribution is -1.94. The molecule has 3 heteroatoms. The summed E-state index contributed by atoms with van der Waals surface area (Å²) in [7, 11) is 0. The van der Waals surface area contributed by atoms with Crippen LogP contribution in [0.1, 0.15) is 5.56 Å². The van der Waals surface area contributed by atoms with Gasteiger partial charge in [-0.2, -0.15) is 5.26 Å². The van der Waals surface area contributed by atoms with Crippen LogP contribution < -0.4 is 0 Å². The lowest BCUT2D eigenvalue weighted by molar-refractivity contribution is 1.18. The topological polar surface area (TPSA) is 33.6 Å². The van der Waals surface area contributed by atoms with Crippen molar-refractivity contribution in [2.24, 2.45) is 0 Å². The fourth-order valence-corrected chi connectivity index (χ4v) is 6.88. The Labute approximate surface area is 254 Å². The predicted molar refractivity (Wildman–Crippen MR) is 183 cm³/mol. The van der Waals surface area contributed by atoms with Crippen molar-refractivity contribution in [3.8, 4) is 28.6 Å². The molecule has 44 heavy (non-hydrogen) atoms. The number of benzene rings is 7. The van der Waals surface area contributed by atoms with Crippen molar-refractivity contribution in [1.82, 2.24) is 9.13 Å². The fourth-order valence-electron chi connectivity index (χ4n) is 6.88. The highest BCUT2D eigenvalue weighted by molar-refractivity contribution is 6.12. The van der Waals surface area contributed by atoms with Crippen LogP contribution in [0.25, 0.3) is 76.9 Å². The second kappa shape index (κ2) is 9.46. The first-order valence-electron chi connectivity index (χ1n) is 14.8. The van der Waals surface area contributed by atoms with Crippen LogP contribution in [0.15, 0.2) is 152 Å². The molecule has 0 amide bonds. The summed E-state index contributed by atoms with van der Waals surface area (Å²) in [4.78, 5) is 0. The van der Waals surface area contributed by atoms with E-state index in [2.05, 4.69) is 149 Å². The molecule has 0 atom stereocenters.